The second kappa shape index (κ2) is 3.56. The largest absolute Gasteiger partial charge is 0.103 e. The Hall–Kier alpha value is -0.440. The van der Waals surface area contributed by atoms with Crippen LogP contribution in [0.1, 0.15) is 32.1 Å². The first-order valence-electron chi connectivity index (χ1n) is 3.68. The van der Waals surface area contributed by atoms with E-state index < -0.39 is 0 Å². The molecule has 0 N–H and O–H groups in total. The van der Waals surface area contributed by atoms with E-state index in [9.17, 15) is 0 Å². The van der Waals surface area contributed by atoms with Crippen LogP contribution in [0.25, 0.3) is 0 Å². The van der Waals surface area contributed by atoms with E-state index >= 15 is 0 Å². The van der Waals surface area contributed by atoms with Gasteiger partial charge in [-0.2, -0.15) is 0 Å². The monoisotopic (exact) mass is 121 g/mol. The Kier molecular flexibility index (Phi) is 2.64. The Bertz CT molecular complexity index is 119. The first-order chi connectivity index (χ1) is 4.43. The summed E-state index contributed by atoms with van der Waals surface area (Å²) in [6.07, 6.45) is 6.72. The molecular formula is C9H13. The molecule has 0 heterocycles. The zero-order valence-electron chi connectivity index (χ0n) is 5.82. The highest BCUT2D eigenvalue weighted by Crippen LogP contribution is 2.26. The van der Waals surface area contributed by atoms with E-state index in [1.807, 2.05) is 0 Å². The zero-order valence-corrected chi connectivity index (χ0v) is 5.82. The van der Waals surface area contributed by atoms with Crippen molar-refractivity contribution in [2.45, 2.75) is 32.1 Å². The van der Waals surface area contributed by atoms with Crippen LogP contribution in [0.2, 0.25) is 0 Å². The van der Waals surface area contributed by atoms with Gasteiger partial charge < -0.3 is 0 Å². The van der Waals surface area contributed by atoms with Gasteiger partial charge in [-0.25, -0.2) is 0 Å². The number of hydrogen-bond donors (Lipinski definition) is 0. The minimum atomic E-state index is 0.902. The highest BCUT2D eigenvalue weighted by molar-refractivity contribution is 5.02. The van der Waals surface area contributed by atoms with Crippen molar-refractivity contribution in [2.24, 2.45) is 5.92 Å². The van der Waals surface area contributed by atoms with Gasteiger partial charge in [-0.3, -0.25) is 0 Å². The van der Waals surface area contributed by atoms with E-state index in [-0.39, 0.29) is 0 Å². The maximum absolute atomic E-state index is 3.49. The molecule has 1 saturated carbocycles. The van der Waals surface area contributed by atoms with Crippen molar-refractivity contribution >= 4 is 0 Å². The quantitative estimate of drug-likeness (QED) is 0.467. The molecule has 0 aromatic rings. The van der Waals surface area contributed by atoms with Crippen molar-refractivity contribution in [1.29, 1.82) is 0 Å². The minimum absolute atomic E-state index is 0.902. The molecule has 1 aliphatic carbocycles. The average Bonchev–Trinajstić information content (AvgIpc) is 2.34. The van der Waals surface area contributed by atoms with Gasteiger partial charge in [0.25, 0.3) is 0 Å². The fraction of sp³-hybridized carbons (Fsp3) is 0.667. The van der Waals surface area contributed by atoms with Crippen LogP contribution in [0.5, 0.6) is 0 Å². The summed E-state index contributed by atoms with van der Waals surface area (Å²) in [5.74, 6) is 6.63. The Morgan fingerprint density at radius 3 is 2.56 bits per heavy atom. The predicted molar refractivity (Wildman–Crippen MR) is 39.7 cm³/mol. The predicted octanol–water partition coefficient (Wildman–Crippen LogP) is 2.40. The molecule has 0 aromatic carbocycles. The van der Waals surface area contributed by atoms with Gasteiger partial charge in [-0.05, 0) is 18.8 Å². The summed E-state index contributed by atoms with van der Waals surface area (Å²) < 4.78 is 0. The van der Waals surface area contributed by atoms with Gasteiger partial charge in [0.15, 0.2) is 0 Å². The van der Waals surface area contributed by atoms with Gasteiger partial charge in [0, 0.05) is 13.3 Å². The van der Waals surface area contributed by atoms with E-state index in [1.54, 1.807) is 0 Å². The molecular weight excluding hydrogens is 108 g/mol. The Balaban J connectivity index is 2.16. The third-order valence-electron chi connectivity index (χ3n) is 1.99. The van der Waals surface area contributed by atoms with E-state index in [0.29, 0.717) is 0 Å². The maximum Gasteiger partial charge on any atom is 0.0198 e. The van der Waals surface area contributed by atoms with E-state index in [2.05, 4.69) is 18.8 Å². The third kappa shape index (κ3) is 2.10. The standard InChI is InChI=1S/C9H13/c1-2-3-6-9-7-4-5-8-9/h9H,1,4-8H2. The van der Waals surface area contributed by atoms with Crippen LogP contribution in [0.15, 0.2) is 0 Å². The van der Waals surface area contributed by atoms with Crippen LogP contribution in [0, 0.1) is 24.7 Å². The Morgan fingerprint density at radius 1 is 1.33 bits per heavy atom. The zero-order chi connectivity index (χ0) is 6.53. The molecule has 1 radical (unpaired) electrons. The summed E-state index contributed by atoms with van der Waals surface area (Å²) in [5, 5.41) is 0. The lowest BCUT2D eigenvalue weighted by atomic mass is 10.1. The lowest BCUT2D eigenvalue weighted by Gasteiger charge is -1.99. The van der Waals surface area contributed by atoms with Crippen molar-refractivity contribution in [1.82, 2.24) is 0 Å². The lowest BCUT2D eigenvalue weighted by molar-refractivity contribution is 0.567. The summed E-state index contributed by atoms with van der Waals surface area (Å²) in [6.45, 7) is 3.49. The van der Waals surface area contributed by atoms with Crippen molar-refractivity contribution in [3.05, 3.63) is 6.92 Å². The molecule has 0 amide bonds. The highest BCUT2D eigenvalue weighted by Gasteiger charge is 2.12. The van der Waals surface area contributed by atoms with Crippen LogP contribution in [0.3, 0.4) is 0 Å². The fourth-order valence-electron chi connectivity index (χ4n) is 1.43. The minimum Gasteiger partial charge on any atom is -0.103 e. The third-order valence-corrected chi connectivity index (χ3v) is 1.99. The van der Waals surface area contributed by atoms with Gasteiger partial charge in [-0.15, -0.1) is 11.8 Å². The van der Waals surface area contributed by atoms with Gasteiger partial charge in [0.2, 0.25) is 0 Å². The molecule has 0 spiro atoms. The SMILES string of the molecule is [CH2]C#CCC1CCCC1. The number of rotatable bonds is 1. The van der Waals surface area contributed by atoms with Crippen molar-refractivity contribution in [2.75, 3.05) is 0 Å². The second-order valence-electron chi connectivity index (χ2n) is 2.71. The van der Waals surface area contributed by atoms with Gasteiger partial charge in [-0.1, -0.05) is 12.8 Å². The van der Waals surface area contributed by atoms with Crippen LogP contribution in [-0.2, 0) is 0 Å². The molecule has 0 aromatic heterocycles. The molecule has 0 bridgehead atoms. The van der Waals surface area contributed by atoms with E-state index in [4.69, 9.17) is 0 Å². The molecule has 0 heteroatoms. The molecule has 9 heavy (non-hydrogen) atoms. The summed E-state index contributed by atoms with van der Waals surface area (Å²) in [7, 11) is 0. The van der Waals surface area contributed by atoms with Gasteiger partial charge >= 0.3 is 0 Å². The molecule has 0 nitrogen and oxygen atoms in total. The first-order valence-corrected chi connectivity index (χ1v) is 3.68. The van der Waals surface area contributed by atoms with Gasteiger partial charge in [0.1, 0.15) is 0 Å². The first kappa shape index (κ1) is 6.68. The molecule has 0 atom stereocenters. The van der Waals surface area contributed by atoms with Crippen LogP contribution >= 0.6 is 0 Å². The topological polar surface area (TPSA) is 0 Å². The molecule has 0 saturated heterocycles. The smallest absolute Gasteiger partial charge is 0.0198 e. The molecule has 0 unspecified atom stereocenters. The highest BCUT2D eigenvalue weighted by atomic mass is 14.2. The second-order valence-corrected chi connectivity index (χ2v) is 2.71. The van der Waals surface area contributed by atoms with Crippen molar-refractivity contribution < 1.29 is 0 Å². The maximum atomic E-state index is 3.49. The molecule has 1 fully saturated rings. The summed E-state index contributed by atoms with van der Waals surface area (Å²) in [5.41, 5.74) is 0. The average molecular weight is 121 g/mol. The van der Waals surface area contributed by atoms with Crippen LogP contribution in [-0.4, -0.2) is 0 Å². The Labute approximate surface area is 57.7 Å². The normalized spacial score (nSPS) is 19.2. The molecule has 49 valence electrons. The summed E-state index contributed by atoms with van der Waals surface area (Å²) in [6, 6.07) is 0. The fourth-order valence-corrected chi connectivity index (χ4v) is 1.43. The molecule has 1 rings (SSSR count). The van der Waals surface area contributed by atoms with E-state index in [1.165, 1.54) is 25.7 Å². The lowest BCUT2D eigenvalue weighted by Crippen LogP contribution is -1.88. The molecule has 0 aliphatic heterocycles. The van der Waals surface area contributed by atoms with E-state index in [0.717, 1.165) is 12.3 Å². The van der Waals surface area contributed by atoms with Crippen molar-refractivity contribution in [3.8, 4) is 11.8 Å². The van der Waals surface area contributed by atoms with Gasteiger partial charge in [0.05, 0.1) is 0 Å². The van der Waals surface area contributed by atoms with Crippen LogP contribution < -0.4 is 0 Å². The summed E-state index contributed by atoms with van der Waals surface area (Å²) >= 11 is 0. The van der Waals surface area contributed by atoms with Crippen molar-refractivity contribution in [3.63, 3.8) is 0 Å². The number of hydrogen-bond acceptors (Lipinski definition) is 0. The summed E-state index contributed by atoms with van der Waals surface area (Å²) in [4.78, 5) is 0. The Morgan fingerprint density at radius 2 is 2.00 bits per heavy atom. The van der Waals surface area contributed by atoms with Crippen LogP contribution in [0.4, 0.5) is 0 Å². The molecule has 1 aliphatic rings.